The maximum Gasteiger partial charge on any atom is 0.420 e. The highest BCUT2D eigenvalue weighted by molar-refractivity contribution is 5.95. The van der Waals surface area contributed by atoms with Crippen molar-refractivity contribution in [2.75, 3.05) is 7.11 Å². The van der Waals surface area contributed by atoms with Crippen molar-refractivity contribution in [2.45, 2.75) is 33.0 Å². The molecule has 3 rings (SSSR count). The molecule has 0 bridgehead atoms. The van der Waals surface area contributed by atoms with E-state index in [1.165, 1.54) is 4.57 Å². The van der Waals surface area contributed by atoms with Gasteiger partial charge in [0.25, 0.3) is 0 Å². The minimum absolute atomic E-state index is 0.233. The number of hydrogen-bond donors (Lipinski definition) is 1. The molecule has 0 aliphatic carbocycles. The zero-order chi connectivity index (χ0) is 20.3. The lowest BCUT2D eigenvalue weighted by atomic mass is 10.1. The van der Waals surface area contributed by atoms with E-state index in [-0.39, 0.29) is 6.61 Å². The van der Waals surface area contributed by atoms with E-state index >= 15 is 0 Å². The average molecular weight is 377 g/mol. The van der Waals surface area contributed by atoms with Crippen LogP contribution in [0.2, 0.25) is 0 Å². The second-order valence-corrected chi connectivity index (χ2v) is 7.30. The fraction of sp³-hybridized carbons (Fsp3) is 0.261. The molecule has 0 spiro atoms. The zero-order valence-electron chi connectivity index (χ0n) is 16.4. The van der Waals surface area contributed by atoms with Gasteiger partial charge in [-0.15, -0.1) is 0 Å². The van der Waals surface area contributed by atoms with Crippen molar-refractivity contribution in [3.05, 3.63) is 65.4 Å². The number of carbonyl (C=O) groups is 1. The topological polar surface area (TPSA) is 60.7 Å². The normalized spacial score (nSPS) is 11.0. The molecular weight excluding hydrogens is 354 g/mol. The summed E-state index contributed by atoms with van der Waals surface area (Å²) in [5, 5.41) is 10.7. The van der Waals surface area contributed by atoms with Crippen molar-refractivity contribution >= 4 is 17.0 Å². The van der Waals surface area contributed by atoms with E-state index in [2.05, 4.69) is 11.8 Å². The van der Waals surface area contributed by atoms with Gasteiger partial charge in [-0.25, -0.2) is 9.36 Å². The lowest BCUT2D eigenvalue weighted by molar-refractivity contribution is 0.0543. The highest BCUT2D eigenvalue weighted by Crippen LogP contribution is 2.27. The molecule has 3 aromatic rings. The Kier molecular flexibility index (Phi) is 5.43. The molecule has 2 aromatic carbocycles. The Morgan fingerprint density at radius 1 is 1.07 bits per heavy atom. The maximum atomic E-state index is 12.9. The van der Waals surface area contributed by atoms with Crippen molar-refractivity contribution in [1.29, 1.82) is 0 Å². The number of benzene rings is 2. The lowest BCUT2D eigenvalue weighted by Gasteiger charge is -2.20. The monoisotopic (exact) mass is 377 g/mol. The predicted octanol–water partition coefficient (Wildman–Crippen LogP) is 4.33. The van der Waals surface area contributed by atoms with Crippen LogP contribution in [-0.2, 0) is 11.3 Å². The van der Waals surface area contributed by atoms with Gasteiger partial charge in [0.1, 0.15) is 17.0 Å². The quantitative estimate of drug-likeness (QED) is 0.676. The van der Waals surface area contributed by atoms with Gasteiger partial charge in [-0.1, -0.05) is 24.1 Å². The third-order valence-corrected chi connectivity index (χ3v) is 4.13. The number of methoxy groups -OCH3 is 1. The summed E-state index contributed by atoms with van der Waals surface area (Å²) >= 11 is 0. The summed E-state index contributed by atoms with van der Waals surface area (Å²) < 4.78 is 12.2. The van der Waals surface area contributed by atoms with Gasteiger partial charge in [0.15, 0.2) is 0 Å². The standard InChI is InChI=1S/C23H23NO4/c1-23(2,3)28-22(26)24-20-8-6-5-7-18(20)19(15-25)21(24)14-11-16-9-12-17(27-4)13-10-16/h5-10,12-13,25H,15H2,1-4H3. The second kappa shape index (κ2) is 7.79. The molecule has 0 aliphatic rings. The van der Waals surface area contributed by atoms with E-state index in [1.54, 1.807) is 7.11 Å². The molecule has 0 saturated heterocycles. The van der Waals surface area contributed by atoms with Crippen molar-refractivity contribution < 1.29 is 19.4 Å². The van der Waals surface area contributed by atoms with Crippen LogP contribution in [-0.4, -0.2) is 28.5 Å². The summed E-state index contributed by atoms with van der Waals surface area (Å²) in [5.41, 5.74) is 1.80. The van der Waals surface area contributed by atoms with Gasteiger partial charge >= 0.3 is 6.09 Å². The van der Waals surface area contributed by atoms with Crippen molar-refractivity contribution in [1.82, 2.24) is 4.57 Å². The molecule has 1 N–H and O–H groups in total. The molecule has 0 unspecified atom stereocenters. The fourth-order valence-corrected chi connectivity index (χ4v) is 2.90. The number of fused-ring (bicyclic) bond motifs is 1. The lowest BCUT2D eigenvalue weighted by Crippen LogP contribution is -2.27. The predicted molar refractivity (Wildman–Crippen MR) is 108 cm³/mol. The summed E-state index contributed by atoms with van der Waals surface area (Å²) in [6, 6.07) is 14.7. The van der Waals surface area contributed by atoms with Crippen LogP contribution in [0.15, 0.2) is 48.5 Å². The molecule has 0 aliphatic heterocycles. The summed E-state index contributed by atoms with van der Waals surface area (Å²) in [6.07, 6.45) is -0.526. The van der Waals surface area contributed by atoms with E-state index in [9.17, 15) is 9.90 Å². The molecular formula is C23H23NO4. The number of nitrogens with zero attached hydrogens (tertiary/aromatic N) is 1. The van der Waals surface area contributed by atoms with E-state index in [0.29, 0.717) is 16.8 Å². The van der Waals surface area contributed by atoms with Crippen LogP contribution in [0.1, 0.15) is 37.6 Å². The van der Waals surface area contributed by atoms with Gasteiger partial charge in [0.05, 0.1) is 19.2 Å². The number of rotatable bonds is 2. The van der Waals surface area contributed by atoms with Crippen molar-refractivity contribution in [3.8, 4) is 17.6 Å². The average Bonchev–Trinajstić information content (AvgIpc) is 2.98. The Labute approximate surface area is 164 Å². The summed E-state index contributed by atoms with van der Waals surface area (Å²) in [4.78, 5) is 12.9. The van der Waals surface area contributed by atoms with Crippen LogP contribution in [0, 0.1) is 11.8 Å². The molecule has 0 saturated carbocycles. The van der Waals surface area contributed by atoms with Crippen LogP contribution < -0.4 is 4.74 Å². The Morgan fingerprint density at radius 2 is 1.75 bits per heavy atom. The van der Waals surface area contributed by atoms with Crippen molar-refractivity contribution in [2.24, 2.45) is 0 Å². The SMILES string of the molecule is COc1ccc(C#Cc2c(CO)c3ccccc3n2C(=O)OC(C)(C)C)cc1. The first-order valence-electron chi connectivity index (χ1n) is 8.96. The van der Waals surface area contributed by atoms with Gasteiger partial charge in [-0.2, -0.15) is 0 Å². The number of aromatic nitrogens is 1. The number of hydrogen-bond acceptors (Lipinski definition) is 4. The Hall–Kier alpha value is -3.23. The molecule has 0 radical (unpaired) electrons. The number of aliphatic hydroxyl groups excluding tert-OH is 1. The molecule has 28 heavy (non-hydrogen) atoms. The first-order valence-corrected chi connectivity index (χ1v) is 8.96. The number of ether oxygens (including phenoxy) is 2. The minimum atomic E-state index is -0.650. The highest BCUT2D eigenvalue weighted by atomic mass is 16.6. The minimum Gasteiger partial charge on any atom is -0.497 e. The van der Waals surface area contributed by atoms with Gasteiger partial charge in [0.2, 0.25) is 0 Å². The molecule has 5 nitrogen and oxygen atoms in total. The summed E-state index contributed by atoms with van der Waals surface area (Å²) in [5.74, 6) is 6.85. The van der Waals surface area contributed by atoms with Crippen molar-refractivity contribution in [3.63, 3.8) is 0 Å². The van der Waals surface area contributed by atoms with Crippen LogP contribution >= 0.6 is 0 Å². The molecule has 0 atom stereocenters. The molecule has 1 heterocycles. The Morgan fingerprint density at radius 3 is 2.36 bits per heavy atom. The molecule has 1 aromatic heterocycles. The maximum absolute atomic E-state index is 12.9. The molecule has 144 valence electrons. The fourth-order valence-electron chi connectivity index (χ4n) is 2.90. The van der Waals surface area contributed by atoms with Gasteiger partial charge < -0.3 is 14.6 Å². The number of carbonyl (C=O) groups excluding carboxylic acids is 1. The Bertz CT molecular complexity index is 1060. The van der Waals surface area contributed by atoms with Crippen LogP contribution in [0.5, 0.6) is 5.75 Å². The third kappa shape index (κ3) is 4.03. The van der Waals surface area contributed by atoms with E-state index < -0.39 is 11.7 Å². The Balaban J connectivity index is 2.16. The first-order chi connectivity index (χ1) is 13.3. The zero-order valence-corrected chi connectivity index (χ0v) is 16.4. The smallest absolute Gasteiger partial charge is 0.420 e. The second-order valence-electron chi connectivity index (χ2n) is 7.30. The van der Waals surface area contributed by atoms with Crippen LogP contribution in [0.25, 0.3) is 10.9 Å². The third-order valence-electron chi connectivity index (χ3n) is 4.13. The summed E-state index contributed by atoms with van der Waals surface area (Å²) in [7, 11) is 1.60. The summed E-state index contributed by atoms with van der Waals surface area (Å²) in [6.45, 7) is 5.20. The van der Waals surface area contributed by atoms with E-state index in [1.807, 2.05) is 69.3 Å². The van der Waals surface area contributed by atoms with Gasteiger partial charge in [0, 0.05) is 16.5 Å². The first kappa shape index (κ1) is 19.5. The van der Waals surface area contributed by atoms with Crippen LogP contribution in [0.4, 0.5) is 4.79 Å². The number of para-hydroxylation sites is 1. The van der Waals surface area contributed by atoms with Gasteiger partial charge in [-0.05, 0) is 57.0 Å². The molecule has 0 fully saturated rings. The van der Waals surface area contributed by atoms with E-state index in [4.69, 9.17) is 9.47 Å². The largest absolute Gasteiger partial charge is 0.497 e. The van der Waals surface area contributed by atoms with E-state index in [0.717, 1.165) is 16.7 Å². The molecule has 5 heteroatoms. The number of aliphatic hydroxyl groups is 1. The van der Waals surface area contributed by atoms with Gasteiger partial charge in [-0.3, -0.25) is 0 Å². The van der Waals surface area contributed by atoms with Crippen LogP contribution in [0.3, 0.4) is 0 Å². The highest BCUT2D eigenvalue weighted by Gasteiger charge is 2.24. The molecule has 0 amide bonds.